The van der Waals surface area contributed by atoms with Gasteiger partial charge in [-0.25, -0.2) is 0 Å². The first-order chi connectivity index (χ1) is 24.6. The monoisotopic (exact) mass is 718 g/mol. The maximum absolute atomic E-state index is 7.36. The van der Waals surface area contributed by atoms with Gasteiger partial charge in [0.15, 0.2) is 11.6 Å². The second-order valence-corrected chi connectivity index (χ2v) is 19.9. The quantitative estimate of drug-likeness (QED) is 0.101. The molecule has 0 unspecified atom stereocenters. The number of hydrogen-bond donors (Lipinski definition) is 0. The van der Waals surface area contributed by atoms with E-state index >= 15 is 0 Å². The molecule has 6 rings (SSSR count). The van der Waals surface area contributed by atoms with Crippen molar-refractivity contribution < 1.29 is 37.6 Å². The first-order valence-electron chi connectivity index (χ1n) is 18.7. The van der Waals surface area contributed by atoms with Crippen LogP contribution in [0.25, 0.3) is 0 Å². The number of rotatable bonds is 14. The minimum atomic E-state index is -2.77. The fraction of sp³-hybridized carbons (Fsp3) is 0.571. The fourth-order valence-corrected chi connectivity index (χ4v) is 13.0. The van der Waals surface area contributed by atoms with Crippen LogP contribution in [0.15, 0.2) is 91.0 Å². The van der Waals surface area contributed by atoms with Crippen LogP contribution in [0.4, 0.5) is 0 Å². The van der Waals surface area contributed by atoms with Crippen LogP contribution >= 0.6 is 0 Å². The minimum Gasteiger partial charge on any atom is -0.405 e. The van der Waals surface area contributed by atoms with Crippen molar-refractivity contribution in [2.24, 2.45) is 5.92 Å². The van der Waals surface area contributed by atoms with Crippen molar-refractivity contribution in [2.45, 2.75) is 114 Å². The summed E-state index contributed by atoms with van der Waals surface area (Å²) < 4.78 is 52.3. The molecule has 0 saturated carbocycles. The Morgan fingerprint density at radius 3 is 2.10 bits per heavy atom. The lowest BCUT2D eigenvalue weighted by molar-refractivity contribution is -0.415. The molecular weight excluding hydrogens is 661 g/mol. The molecule has 3 aromatic rings. The van der Waals surface area contributed by atoms with Crippen molar-refractivity contribution in [1.29, 1.82) is 0 Å². The molecule has 8 nitrogen and oxygen atoms in total. The Morgan fingerprint density at radius 2 is 1.49 bits per heavy atom. The maximum Gasteiger partial charge on any atom is 0.261 e. The van der Waals surface area contributed by atoms with Gasteiger partial charge in [0, 0.05) is 52.4 Å². The summed E-state index contributed by atoms with van der Waals surface area (Å²) in [6.45, 7) is 10.9. The van der Waals surface area contributed by atoms with Crippen molar-refractivity contribution in [3.05, 3.63) is 96.6 Å². The number of methoxy groups -OCH3 is 2. The van der Waals surface area contributed by atoms with Gasteiger partial charge < -0.3 is 37.6 Å². The summed E-state index contributed by atoms with van der Waals surface area (Å²) >= 11 is 0. The van der Waals surface area contributed by atoms with E-state index in [0.29, 0.717) is 39.1 Å². The fourth-order valence-electron chi connectivity index (χ4n) is 8.44. The lowest BCUT2D eigenvalue weighted by atomic mass is 9.83. The Kier molecular flexibility index (Phi) is 12.5. The van der Waals surface area contributed by atoms with E-state index in [-0.39, 0.29) is 42.2 Å². The van der Waals surface area contributed by atoms with Crippen LogP contribution in [-0.4, -0.2) is 78.5 Å². The molecule has 51 heavy (non-hydrogen) atoms. The first-order valence-corrected chi connectivity index (χ1v) is 20.6. The van der Waals surface area contributed by atoms with Gasteiger partial charge in [-0.3, -0.25) is 0 Å². The largest absolute Gasteiger partial charge is 0.405 e. The molecular formula is C42H58O8Si. The summed E-state index contributed by atoms with van der Waals surface area (Å²) in [5.74, 6) is -1.58. The third-order valence-electron chi connectivity index (χ3n) is 11.1. The third-order valence-corrected chi connectivity index (χ3v) is 16.1. The Hall–Kier alpha value is -2.44. The molecule has 0 radical (unpaired) electrons. The smallest absolute Gasteiger partial charge is 0.261 e. The normalized spacial score (nSPS) is 29.9. The van der Waals surface area contributed by atoms with Crippen LogP contribution in [0.1, 0.15) is 71.8 Å². The van der Waals surface area contributed by atoms with Gasteiger partial charge >= 0.3 is 0 Å². The van der Waals surface area contributed by atoms with E-state index in [1.165, 1.54) is 10.4 Å². The highest BCUT2D eigenvalue weighted by Crippen LogP contribution is 2.52. The Morgan fingerprint density at radius 1 is 0.843 bits per heavy atom. The van der Waals surface area contributed by atoms with Crippen LogP contribution in [0.3, 0.4) is 0 Å². The highest BCUT2D eigenvalue weighted by molar-refractivity contribution is 6.99. The second-order valence-electron chi connectivity index (χ2n) is 15.6. The molecule has 0 aromatic heterocycles. The number of hydrogen-bond acceptors (Lipinski definition) is 8. The van der Waals surface area contributed by atoms with Crippen LogP contribution in [-0.2, 0) is 44.2 Å². The van der Waals surface area contributed by atoms with Gasteiger partial charge in [0.25, 0.3) is 8.32 Å². The molecule has 0 N–H and O–H groups in total. The molecule has 3 saturated heterocycles. The van der Waals surface area contributed by atoms with Crippen molar-refractivity contribution in [3.8, 4) is 0 Å². The summed E-state index contributed by atoms with van der Waals surface area (Å²) in [6, 6.07) is 31.7. The lowest BCUT2D eigenvalue weighted by Gasteiger charge is -2.53. The molecule has 278 valence electrons. The average molecular weight is 719 g/mol. The molecule has 3 fully saturated rings. The molecule has 7 atom stereocenters. The van der Waals surface area contributed by atoms with Gasteiger partial charge in [0.2, 0.25) is 0 Å². The molecule has 0 bridgehead atoms. The zero-order valence-electron chi connectivity index (χ0n) is 31.4. The standard InChI is InChI=1S/C42H58O8Si/c1-32-22-24-41(50-42(32)28-39(46-31-43-5)38(49-42)23-25-45-29-33-16-10-7-11-17-33)27-34(44-6)26-35(48-41)30-47-51(40(2,3)4,36-18-12-8-13-19-36)37-20-14-9-15-21-37/h7-21,32,34-35,38-39H,22-31H2,1-6H3/t32-,34-,35-,38-,39-,41+,42+/m0/s1. The van der Waals surface area contributed by atoms with Crippen molar-refractivity contribution in [2.75, 3.05) is 34.2 Å². The molecule has 2 spiro atoms. The highest BCUT2D eigenvalue weighted by atomic mass is 28.4. The molecule has 3 aromatic carbocycles. The second kappa shape index (κ2) is 16.7. The summed E-state index contributed by atoms with van der Waals surface area (Å²) in [7, 11) is 0.670. The number of benzene rings is 3. The zero-order chi connectivity index (χ0) is 36.0. The minimum absolute atomic E-state index is 0.0407. The van der Waals surface area contributed by atoms with Crippen molar-refractivity contribution in [3.63, 3.8) is 0 Å². The maximum atomic E-state index is 7.36. The lowest BCUT2D eigenvalue weighted by Crippen LogP contribution is -2.67. The SMILES string of the molecule is COCO[C@H]1C[C@@]2(O[C@H]1CCOCc1ccccc1)O[C@]1(CC[C@@H]2C)C[C@@H](OC)C[C@@H](CO[Si](c2ccccc2)(c2ccccc2)C(C)(C)C)O1. The van der Waals surface area contributed by atoms with E-state index in [9.17, 15) is 0 Å². The van der Waals surface area contributed by atoms with Crippen LogP contribution in [0.2, 0.25) is 5.04 Å². The molecule has 3 aliphatic rings. The molecule has 0 aliphatic carbocycles. The molecule has 9 heteroatoms. The summed E-state index contributed by atoms with van der Waals surface area (Å²) in [4.78, 5) is 0. The predicted molar refractivity (Wildman–Crippen MR) is 200 cm³/mol. The van der Waals surface area contributed by atoms with Gasteiger partial charge in [0.05, 0.1) is 37.6 Å². The van der Waals surface area contributed by atoms with Gasteiger partial charge in [-0.1, -0.05) is 119 Å². The van der Waals surface area contributed by atoms with Crippen molar-refractivity contribution >= 4 is 18.7 Å². The summed E-state index contributed by atoms with van der Waals surface area (Å²) in [6.07, 6.45) is 3.62. The van der Waals surface area contributed by atoms with E-state index in [1.54, 1.807) is 14.2 Å². The molecule has 3 aliphatic heterocycles. The molecule has 0 amide bonds. The average Bonchev–Trinajstić information content (AvgIpc) is 3.48. The van der Waals surface area contributed by atoms with E-state index < -0.39 is 19.9 Å². The van der Waals surface area contributed by atoms with E-state index in [4.69, 9.17) is 37.6 Å². The van der Waals surface area contributed by atoms with Crippen LogP contribution in [0.5, 0.6) is 0 Å². The highest BCUT2D eigenvalue weighted by Gasteiger charge is 2.60. The predicted octanol–water partition coefficient (Wildman–Crippen LogP) is 6.98. The van der Waals surface area contributed by atoms with Crippen LogP contribution < -0.4 is 10.4 Å². The van der Waals surface area contributed by atoms with E-state index in [1.807, 2.05) is 18.2 Å². The van der Waals surface area contributed by atoms with Gasteiger partial charge in [-0.05, 0) is 33.8 Å². The van der Waals surface area contributed by atoms with Crippen molar-refractivity contribution in [1.82, 2.24) is 0 Å². The number of ether oxygens (including phenoxy) is 7. The topological polar surface area (TPSA) is 73.8 Å². The van der Waals surface area contributed by atoms with Gasteiger partial charge in [0.1, 0.15) is 6.79 Å². The summed E-state index contributed by atoms with van der Waals surface area (Å²) in [5.41, 5.74) is 1.15. The van der Waals surface area contributed by atoms with Crippen LogP contribution in [0, 0.1) is 5.92 Å². The van der Waals surface area contributed by atoms with E-state index in [0.717, 1.165) is 24.8 Å². The Balaban J connectivity index is 1.21. The Labute approximate surface area is 306 Å². The molecule has 3 heterocycles. The van der Waals surface area contributed by atoms with Gasteiger partial charge in [-0.15, -0.1) is 0 Å². The van der Waals surface area contributed by atoms with E-state index in [2.05, 4.69) is 100 Å². The third kappa shape index (κ3) is 8.53. The Bertz CT molecular complexity index is 1450. The first kappa shape index (κ1) is 38.3. The van der Waals surface area contributed by atoms with Gasteiger partial charge in [-0.2, -0.15) is 0 Å². The summed E-state index contributed by atoms with van der Waals surface area (Å²) in [5, 5.41) is 2.36. The zero-order valence-corrected chi connectivity index (χ0v) is 32.4.